The lowest BCUT2D eigenvalue weighted by Crippen LogP contribution is -2.23. The maximum atomic E-state index is 13.6. The molecule has 0 aliphatic heterocycles. The van der Waals surface area contributed by atoms with Crippen LogP contribution in [0.4, 0.5) is 4.39 Å². The smallest absolute Gasteiger partial charge is 0.267 e. The topological polar surface area (TPSA) is 69.0 Å². The van der Waals surface area contributed by atoms with E-state index in [-0.39, 0.29) is 9.92 Å². The monoisotopic (exact) mass is 488 g/mol. The van der Waals surface area contributed by atoms with Crippen LogP contribution in [0.25, 0.3) is 27.9 Å². The molecule has 1 aromatic heterocycles. The molecule has 0 bridgehead atoms. The van der Waals surface area contributed by atoms with Crippen molar-refractivity contribution in [1.29, 1.82) is 0 Å². The van der Waals surface area contributed by atoms with Gasteiger partial charge in [-0.1, -0.05) is 47.5 Å². The molecule has 3 aromatic carbocycles. The number of aromatic nitrogens is 2. The minimum Gasteiger partial charge on any atom is -0.267 e. The van der Waals surface area contributed by atoms with Crippen LogP contribution >= 0.6 is 23.2 Å². The number of hydrogen-bond donors (Lipinski definition) is 0. The van der Waals surface area contributed by atoms with Crippen LogP contribution in [-0.2, 0) is 9.84 Å². The molecule has 0 radical (unpaired) electrons. The average Bonchev–Trinajstić information content (AvgIpc) is 2.76. The number of nitrogens with zero attached hydrogens (tertiary/aromatic N) is 2. The minimum absolute atomic E-state index is 0.135. The fourth-order valence-electron chi connectivity index (χ4n) is 3.25. The summed E-state index contributed by atoms with van der Waals surface area (Å²) in [5.74, 6) is -0.607. The summed E-state index contributed by atoms with van der Waals surface area (Å²) in [6.45, 7) is 0. The highest BCUT2D eigenvalue weighted by Gasteiger charge is 2.17. The highest BCUT2D eigenvalue weighted by Crippen LogP contribution is 2.31. The van der Waals surface area contributed by atoms with Crippen LogP contribution < -0.4 is 5.56 Å². The fraction of sp³-hybridized carbons (Fsp3) is 0.0435. The first-order valence-electron chi connectivity index (χ1n) is 9.29. The molecule has 9 heteroatoms. The predicted molar refractivity (Wildman–Crippen MR) is 124 cm³/mol. The molecule has 0 aliphatic rings. The zero-order chi connectivity index (χ0) is 23.0. The standard InChI is InChI=1S/C23H15Cl2FN2O3S/c1-32(30,31)18-9-4-14(5-10-18)19-13-27-28(17-8-11-21(26)20(25)12-17)23(29)22(19)15-2-6-16(24)7-3-15/h2-13H,1H3. The van der Waals surface area contributed by atoms with Crippen molar-refractivity contribution in [3.63, 3.8) is 0 Å². The Balaban J connectivity index is 1.96. The maximum absolute atomic E-state index is 13.6. The zero-order valence-corrected chi connectivity index (χ0v) is 18.9. The van der Waals surface area contributed by atoms with Crippen LogP contribution in [0.15, 0.2) is 82.6 Å². The summed E-state index contributed by atoms with van der Waals surface area (Å²) in [6.07, 6.45) is 2.62. The Hall–Kier alpha value is -3.00. The Bertz CT molecular complexity index is 1480. The van der Waals surface area contributed by atoms with E-state index in [0.29, 0.717) is 33.0 Å². The van der Waals surface area contributed by atoms with Gasteiger partial charge < -0.3 is 0 Å². The molecule has 0 N–H and O–H groups in total. The highest BCUT2D eigenvalue weighted by molar-refractivity contribution is 7.90. The average molecular weight is 489 g/mol. The first-order chi connectivity index (χ1) is 15.1. The molecule has 1 heterocycles. The van der Waals surface area contributed by atoms with Crippen molar-refractivity contribution in [2.45, 2.75) is 4.90 Å². The van der Waals surface area contributed by atoms with Crippen molar-refractivity contribution in [3.05, 3.63) is 99.1 Å². The Morgan fingerprint density at radius 1 is 0.906 bits per heavy atom. The number of benzene rings is 3. The summed E-state index contributed by atoms with van der Waals surface area (Å²) in [7, 11) is -3.37. The molecule has 4 rings (SSSR count). The van der Waals surface area contributed by atoms with Crippen molar-refractivity contribution in [3.8, 4) is 27.9 Å². The van der Waals surface area contributed by atoms with Gasteiger partial charge in [-0.25, -0.2) is 12.8 Å². The molecule has 0 aliphatic carbocycles. The van der Waals surface area contributed by atoms with Crippen LogP contribution in [0.3, 0.4) is 0 Å². The Morgan fingerprint density at radius 3 is 2.12 bits per heavy atom. The molecular weight excluding hydrogens is 474 g/mol. The van der Waals surface area contributed by atoms with Crippen molar-refractivity contribution in [2.24, 2.45) is 0 Å². The van der Waals surface area contributed by atoms with Gasteiger partial charge in [-0.05, 0) is 53.6 Å². The largest absolute Gasteiger partial charge is 0.279 e. The molecular formula is C23H15Cl2FN2O3S. The fourth-order valence-corrected chi connectivity index (χ4v) is 4.18. The molecule has 0 spiro atoms. The number of hydrogen-bond acceptors (Lipinski definition) is 4. The van der Waals surface area contributed by atoms with Gasteiger partial charge in [0.25, 0.3) is 5.56 Å². The Morgan fingerprint density at radius 2 is 1.53 bits per heavy atom. The third kappa shape index (κ3) is 4.32. The molecule has 0 amide bonds. The van der Waals surface area contributed by atoms with E-state index in [9.17, 15) is 17.6 Å². The molecule has 162 valence electrons. The van der Waals surface area contributed by atoms with Crippen molar-refractivity contribution >= 4 is 33.0 Å². The normalized spacial score (nSPS) is 11.5. The summed E-state index contributed by atoms with van der Waals surface area (Å²) in [4.78, 5) is 13.7. The molecule has 0 unspecified atom stereocenters. The van der Waals surface area contributed by atoms with Gasteiger partial charge in [0.1, 0.15) is 5.82 Å². The van der Waals surface area contributed by atoms with E-state index >= 15 is 0 Å². The van der Waals surface area contributed by atoms with Crippen LogP contribution in [0, 0.1) is 5.82 Å². The Labute approximate surface area is 193 Å². The first-order valence-corrected chi connectivity index (χ1v) is 11.9. The minimum atomic E-state index is -3.37. The van der Waals surface area contributed by atoms with Gasteiger partial charge in [-0.3, -0.25) is 4.79 Å². The Kier molecular flexibility index (Phi) is 5.90. The third-order valence-electron chi connectivity index (χ3n) is 4.85. The third-order valence-corrected chi connectivity index (χ3v) is 6.52. The van der Waals surface area contributed by atoms with Crippen molar-refractivity contribution < 1.29 is 12.8 Å². The van der Waals surface area contributed by atoms with E-state index in [2.05, 4.69) is 5.10 Å². The molecule has 0 saturated carbocycles. The highest BCUT2D eigenvalue weighted by atomic mass is 35.5. The van der Waals surface area contributed by atoms with E-state index in [0.717, 1.165) is 17.0 Å². The molecule has 0 saturated heterocycles. The van der Waals surface area contributed by atoms with Crippen molar-refractivity contribution in [2.75, 3.05) is 6.26 Å². The first kappa shape index (κ1) is 22.2. The summed E-state index contributed by atoms with van der Waals surface area (Å²) in [5.41, 5.74) is 1.86. The molecule has 4 aromatic rings. The molecule has 32 heavy (non-hydrogen) atoms. The van der Waals surface area contributed by atoms with Crippen LogP contribution in [-0.4, -0.2) is 24.5 Å². The van der Waals surface area contributed by atoms with Gasteiger partial charge in [0.15, 0.2) is 9.84 Å². The zero-order valence-electron chi connectivity index (χ0n) is 16.6. The molecule has 0 atom stereocenters. The maximum Gasteiger partial charge on any atom is 0.279 e. The van der Waals surface area contributed by atoms with Crippen LogP contribution in [0.1, 0.15) is 0 Å². The van der Waals surface area contributed by atoms with Crippen molar-refractivity contribution in [1.82, 2.24) is 9.78 Å². The summed E-state index contributed by atoms with van der Waals surface area (Å²) < 4.78 is 38.3. The van der Waals surface area contributed by atoms with Crippen LogP contribution in [0.2, 0.25) is 10.0 Å². The quantitative estimate of drug-likeness (QED) is 0.384. The van der Waals surface area contributed by atoms with Gasteiger partial charge >= 0.3 is 0 Å². The second kappa shape index (κ2) is 8.50. The molecule has 0 fully saturated rings. The van der Waals surface area contributed by atoms with E-state index < -0.39 is 21.2 Å². The van der Waals surface area contributed by atoms with Gasteiger partial charge in [-0.2, -0.15) is 9.78 Å². The van der Waals surface area contributed by atoms with Gasteiger partial charge in [0.2, 0.25) is 0 Å². The summed E-state index contributed by atoms with van der Waals surface area (Å²) in [5, 5.41) is 4.62. The van der Waals surface area contributed by atoms with Gasteiger partial charge in [0.05, 0.1) is 27.4 Å². The lowest BCUT2D eigenvalue weighted by molar-refractivity contribution is 0.602. The van der Waals surface area contributed by atoms with E-state index in [1.54, 1.807) is 36.4 Å². The van der Waals surface area contributed by atoms with Gasteiger partial charge in [0, 0.05) is 16.8 Å². The second-order valence-corrected chi connectivity index (χ2v) is 9.91. The SMILES string of the molecule is CS(=O)(=O)c1ccc(-c2cnn(-c3ccc(F)c(Cl)c3)c(=O)c2-c2ccc(Cl)cc2)cc1. The summed E-state index contributed by atoms with van der Waals surface area (Å²) in [6, 6.07) is 16.8. The number of rotatable bonds is 4. The number of sulfone groups is 1. The lowest BCUT2D eigenvalue weighted by Gasteiger charge is -2.13. The molecule has 5 nitrogen and oxygen atoms in total. The second-order valence-electron chi connectivity index (χ2n) is 7.05. The lowest BCUT2D eigenvalue weighted by atomic mass is 9.97. The van der Waals surface area contributed by atoms with E-state index in [1.807, 2.05) is 0 Å². The van der Waals surface area contributed by atoms with E-state index in [1.165, 1.54) is 30.5 Å². The predicted octanol–water partition coefficient (Wildman–Crippen LogP) is 5.42. The van der Waals surface area contributed by atoms with E-state index in [4.69, 9.17) is 23.2 Å². The van der Waals surface area contributed by atoms with Crippen LogP contribution in [0.5, 0.6) is 0 Å². The summed E-state index contributed by atoms with van der Waals surface area (Å²) >= 11 is 11.9. The number of halogens is 3. The van der Waals surface area contributed by atoms with Gasteiger partial charge in [-0.15, -0.1) is 0 Å².